The Morgan fingerprint density at radius 1 is 1.11 bits per heavy atom. The molecule has 0 spiro atoms. The summed E-state index contributed by atoms with van der Waals surface area (Å²) in [6, 6.07) is 5.52. The quantitative estimate of drug-likeness (QED) is 0.782. The van der Waals surface area contributed by atoms with Gasteiger partial charge < -0.3 is 9.42 Å². The summed E-state index contributed by atoms with van der Waals surface area (Å²) >= 11 is 5.35. The third-order valence-corrected chi connectivity index (χ3v) is 3.42. The lowest BCUT2D eigenvalue weighted by Crippen LogP contribution is -2.22. The van der Waals surface area contributed by atoms with E-state index in [1.165, 1.54) is 0 Å². The minimum atomic E-state index is -4.08. The van der Waals surface area contributed by atoms with Crippen LogP contribution in [-0.2, 0) is 15.4 Å². The molecular weight excluding hydrogens is 283 g/mol. The van der Waals surface area contributed by atoms with Crippen molar-refractivity contribution < 1.29 is 14.0 Å². The molecule has 0 bridgehead atoms. The fourth-order valence-corrected chi connectivity index (χ4v) is 2.74. The Hall–Kier alpha value is -0.500. The molecule has 19 heavy (non-hydrogen) atoms. The summed E-state index contributed by atoms with van der Waals surface area (Å²) in [6.45, 7) is 8.34. The molecule has 1 unspecified atom stereocenters. The summed E-state index contributed by atoms with van der Waals surface area (Å²) in [4.78, 5) is 9.25. The van der Waals surface area contributed by atoms with E-state index in [0.717, 1.165) is 11.1 Å². The number of halogens is 1. The second kappa shape index (κ2) is 5.12. The van der Waals surface area contributed by atoms with Gasteiger partial charge in [0.1, 0.15) is 5.75 Å². The molecule has 108 valence electrons. The first-order valence-corrected chi connectivity index (χ1v) is 8.66. The van der Waals surface area contributed by atoms with Gasteiger partial charge in [-0.05, 0) is 22.5 Å². The van der Waals surface area contributed by atoms with Crippen LogP contribution in [0.3, 0.4) is 0 Å². The molecule has 5 heteroatoms. The van der Waals surface area contributed by atoms with Crippen LogP contribution in [0.2, 0.25) is 0 Å². The van der Waals surface area contributed by atoms with Crippen molar-refractivity contribution in [1.82, 2.24) is 0 Å². The lowest BCUT2D eigenvalue weighted by atomic mass is 9.75. The van der Waals surface area contributed by atoms with Gasteiger partial charge in [-0.15, -0.1) is 0 Å². The highest BCUT2D eigenvalue weighted by molar-refractivity contribution is 7.80. The fourth-order valence-electron chi connectivity index (χ4n) is 2.13. The molecule has 1 atom stereocenters. The van der Waals surface area contributed by atoms with Gasteiger partial charge in [-0.2, -0.15) is 0 Å². The summed E-state index contributed by atoms with van der Waals surface area (Å²) in [5.41, 5.74) is 1.69. The van der Waals surface area contributed by atoms with Crippen molar-refractivity contribution in [2.24, 2.45) is 0 Å². The molecule has 0 saturated carbocycles. The average molecular weight is 305 g/mol. The van der Waals surface area contributed by atoms with Crippen molar-refractivity contribution in [3.63, 3.8) is 0 Å². The van der Waals surface area contributed by atoms with E-state index < -0.39 is 6.95 Å². The molecule has 1 aromatic carbocycles. The average Bonchev–Trinajstić information content (AvgIpc) is 2.11. The first-order valence-electron chi connectivity index (χ1n) is 6.18. The normalized spacial score (nSPS) is 16.0. The van der Waals surface area contributed by atoms with Crippen LogP contribution in [0.4, 0.5) is 0 Å². The molecule has 0 aliphatic heterocycles. The lowest BCUT2D eigenvalue weighted by Gasteiger charge is -2.31. The van der Waals surface area contributed by atoms with Gasteiger partial charge in [-0.1, -0.05) is 53.7 Å². The maximum absolute atomic E-state index is 11.3. The maximum Gasteiger partial charge on any atom is 0.474 e. The summed E-state index contributed by atoms with van der Waals surface area (Å²) in [6.07, 6.45) is 0. The summed E-state index contributed by atoms with van der Waals surface area (Å²) < 4.78 is 16.4. The van der Waals surface area contributed by atoms with Gasteiger partial charge in [0.2, 0.25) is 0 Å². The first kappa shape index (κ1) is 16.6. The molecule has 1 aromatic rings. The predicted octanol–water partition coefficient (Wildman–Crippen LogP) is 5.00. The Labute approximate surface area is 120 Å². The van der Waals surface area contributed by atoms with Crippen LogP contribution in [0.15, 0.2) is 18.2 Å². The van der Waals surface area contributed by atoms with E-state index in [4.69, 9.17) is 15.8 Å². The Balaban J connectivity index is 3.53. The molecule has 1 N–H and O–H groups in total. The molecule has 0 radical (unpaired) electrons. The van der Waals surface area contributed by atoms with Gasteiger partial charge in [0.15, 0.2) is 0 Å². The Morgan fingerprint density at radius 2 is 1.63 bits per heavy atom. The fraction of sp³-hybridized carbons (Fsp3) is 0.571. The van der Waals surface area contributed by atoms with Gasteiger partial charge in [-0.25, -0.2) is 4.57 Å². The van der Waals surface area contributed by atoms with E-state index in [1.807, 2.05) is 32.9 Å². The number of benzene rings is 1. The van der Waals surface area contributed by atoms with Crippen LogP contribution in [0.25, 0.3) is 0 Å². The standard InChI is InChI=1S/C14H22ClO3P/c1-13(2,3)10-8-7-9-11(18-19(15,16)17)12(10)14(4,5)6/h7-9H,1-6H3,(H,16,17). The summed E-state index contributed by atoms with van der Waals surface area (Å²) in [5.74, 6) is 0.376. The van der Waals surface area contributed by atoms with Gasteiger partial charge in [0.05, 0.1) is 0 Å². The minimum Gasteiger partial charge on any atom is -0.413 e. The van der Waals surface area contributed by atoms with Crippen molar-refractivity contribution in [1.29, 1.82) is 0 Å². The lowest BCUT2D eigenvalue weighted by molar-refractivity contribution is 0.392. The Kier molecular flexibility index (Phi) is 4.46. The van der Waals surface area contributed by atoms with E-state index >= 15 is 0 Å². The van der Waals surface area contributed by atoms with Crippen molar-refractivity contribution in [3.8, 4) is 5.75 Å². The number of hydrogen-bond donors (Lipinski definition) is 1. The zero-order valence-corrected chi connectivity index (χ0v) is 14.0. The van der Waals surface area contributed by atoms with E-state index in [0.29, 0.717) is 5.75 Å². The second-order valence-electron chi connectivity index (χ2n) is 6.72. The van der Waals surface area contributed by atoms with Crippen LogP contribution in [0.5, 0.6) is 5.75 Å². The van der Waals surface area contributed by atoms with Crippen molar-refractivity contribution >= 4 is 18.2 Å². The van der Waals surface area contributed by atoms with Crippen LogP contribution < -0.4 is 4.52 Å². The van der Waals surface area contributed by atoms with Crippen molar-refractivity contribution in [2.45, 2.75) is 52.4 Å². The number of hydrogen-bond acceptors (Lipinski definition) is 2. The van der Waals surface area contributed by atoms with E-state index in [1.54, 1.807) is 6.07 Å². The highest BCUT2D eigenvalue weighted by Crippen LogP contribution is 2.51. The molecule has 0 amide bonds. The van der Waals surface area contributed by atoms with Gasteiger partial charge >= 0.3 is 6.95 Å². The third-order valence-electron chi connectivity index (χ3n) is 2.80. The molecule has 0 aromatic heterocycles. The van der Waals surface area contributed by atoms with Crippen LogP contribution in [-0.4, -0.2) is 4.89 Å². The van der Waals surface area contributed by atoms with Gasteiger partial charge in [0.25, 0.3) is 0 Å². The SMILES string of the molecule is CC(C)(C)c1cccc(OP(=O)(O)Cl)c1C(C)(C)C. The summed E-state index contributed by atoms with van der Waals surface area (Å²) in [7, 11) is 0. The Morgan fingerprint density at radius 3 is 2.00 bits per heavy atom. The highest BCUT2D eigenvalue weighted by atomic mass is 35.7. The largest absolute Gasteiger partial charge is 0.474 e. The van der Waals surface area contributed by atoms with E-state index in [9.17, 15) is 9.46 Å². The van der Waals surface area contributed by atoms with Gasteiger partial charge in [0, 0.05) is 16.8 Å². The first-order chi connectivity index (χ1) is 8.32. The summed E-state index contributed by atoms with van der Waals surface area (Å²) in [5, 5.41) is 0. The topological polar surface area (TPSA) is 46.5 Å². The van der Waals surface area contributed by atoms with E-state index in [-0.39, 0.29) is 10.8 Å². The molecule has 0 aliphatic rings. The molecular formula is C14H22ClO3P. The molecule has 3 nitrogen and oxygen atoms in total. The van der Waals surface area contributed by atoms with Crippen LogP contribution >= 0.6 is 18.2 Å². The Bertz CT molecular complexity index is 506. The molecule has 0 heterocycles. The predicted molar refractivity (Wildman–Crippen MR) is 80.1 cm³/mol. The smallest absolute Gasteiger partial charge is 0.413 e. The zero-order valence-electron chi connectivity index (χ0n) is 12.3. The monoisotopic (exact) mass is 304 g/mol. The van der Waals surface area contributed by atoms with E-state index in [2.05, 4.69) is 20.8 Å². The van der Waals surface area contributed by atoms with Crippen LogP contribution in [0, 0.1) is 0 Å². The number of rotatable bonds is 2. The molecule has 0 saturated heterocycles. The molecule has 0 aliphatic carbocycles. The minimum absolute atomic E-state index is 0.0895. The van der Waals surface area contributed by atoms with Crippen molar-refractivity contribution in [3.05, 3.63) is 29.3 Å². The highest BCUT2D eigenvalue weighted by Gasteiger charge is 2.30. The third kappa shape index (κ3) is 4.52. The molecule has 1 rings (SSSR count). The second-order valence-corrected chi connectivity index (χ2v) is 9.09. The van der Waals surface area contributed by atoms with Gasteiger partial charge in [-0.3, -0.25) is 0 Å². The zero-order chi connectivity index (χ0) is 15.1. The molecule has 0 fully saturated rings. The van der Waals surface area contributed by atoms with Crippen LogP contribution in [0.1, 0.15) is 52.7 Å². The van der Waals surface area contributed by atoms with Crippen molar-refractivity contribution in [2.75, 3.05) is 0 Å². The maximum atomic E-state index is 11.3.